The summed E-state index contributed by atoms with van der Waals surface area (Å²) in [6.45, 7) is 4.20. The highest BCUT2D eigenvalue weighted by Gasteiger charge is 2.28. The van der Waals surface area contributed by atoms with E-state index in [-0.39, 0.29) is 23.9 Å². The Morgan fingerprint density at radius 2 is 1.59 bits per heavy atom. The van der Waals surface area contributed by atoms with Gasteiger partial charge in [0, 0.05) is 19.2 Å². The maximum absolute atomic E-state index is 13.6. The van der Waals surface area contributed by atoms with Gasteiger partial charge in [-0.25, -0.2) is 8.42 Å². The molecular formula is C26H30N2O5S. The topological polar surface area (TPSA) is 76.2 Å². The van der Waals surface area contributed by atoms with Crippen molar-refractivity contribution >= 4 is 21.6 Å². The number of benzene rings is 3. The fourth-order valence-electron chi connectivity index (χ4n) is 3.45. The quantitative estimate of drug-likeness (QED) is 0.432. The SMILES string of the molecule is CCOc1ccc(S(=O)(=O)N(CC(=O)N(C)Cc2ccccc2OC)c2ccc(C)cc2)cc1. The molecule has 3 aromatic rings. The standard InChI is InChI=1S/C26H30N2O5S/c1-5-33-23-14-16-24(17-15-23)34(30,31)28(22-12-10-20(2)11-13-22)19-26(29)27(3)18-21-8-6-7-9-25(21)32-4/h6-17H,5,18-19H2,1-4H3. The Kier molecular flexibility index (Phi) is 8.17. The second kappa shape index (κ2) is 11.1. The van der Waals surface area contributed by atoms with Crippen molar-refractivity contribution in [2.24, 2.45) is 0 Å². The highest BCUT2D eigenvalue weighted by molar-refractivity contribution is 7.92. The fraction of sp³-hybridized carbons (Fsp3) is 0.269. The molecule has 3 aromatic carbocycles. The van der Waals surface area contributed by atoms with Crippen LogP contribution < -0.4 is 13.8 Å². The van der Waals surface area contributed by atoms with E-state index in [1.165, 1.54) is 17.0 Å². The van der Waals surface area contributed by atoms with Gasteiger partial charge in [-0.2, -0.15) is 0 Å². The normalized spacial score (nSPS) is 11.1. The number of hydrogen-bond donors (Lipinski definition) is 0. The molecule has 0 saturated heterocycles. The van der Waals surface area contributed by atoms with Gasteiger partial charge in [-0.15, -0.1) is 0 Å². The summed E-state index contributed by atoms with van der Waals surface area (Å²) in [4.78, 5) is 14.7. The molecule has 0 unspecified atom stereocenters. The zero-order valence-corrected chi connectivity index (χ0v) is 20.7. The van der Waals surface area contributed by atoms with Gasteiger partial charge in [0.2, 0.25) is 5.91 Å². The number of sulfonamides is 1. The van der Waals surface area contributed by atoms with Crippen molar-refractivity contribution in [3.05, 3.63) is 83.9 Å². The maximum Gasteiger partial charge on any atom is 0.264 e. The third kappa shape index (κ3) is 5.88. The molecule has 3 rings (SSSR count). The summed E-state index contributed by atoms with van der Waals surface area (Å²) < 4.78 is 39.1. The number of hydrogen-bond acceptors (Lipinski definition) is 5. The van der Waals surface area contributed by atoms with E-state index in [9.17, 15) is 13.2 Å². The molecule has 0 fully saturated rings. The van der Waals surface area contributed by atoms with Crippen LogP contribution in [0.25, 0.3) is 0 Å². The number of anilines is 1. The Labute approximate surface area is 201 Å². The van der Waals surface area contributed by atoms with Crippen molar-refractivity contribution in [3.63, 3.8) is 0 Å². The van der Waals surface area contributed by atoms with Crippen LogP contribution in [0.15, 0.2) is 77.7 Å². The lowest BCUT2D eigenvalue weighted by Crippen LogP contribution is -2.41. The van der Waals surface area contributed by atoms with Gasteiger partial charge in [0.1, 0.15) is 18.0 Å². The van der Waals surface area contributed by atoms with E-state index >= 15 is 0 Å². The smallest absolute Gasteiger partial charge is 0.264 e. The van der Waals surface area contributed by atoms with Crippen molar-refractivity contribution in [2.75, 3.05) is 31.6 Å². The fourth-order valence-corrected chi connectivity index (χ4v) is 4.86. The number of carbonyl (C=O) groups excluding carboxylic acids is 1. The lowest BCUT2D eigenvalue weighted by atomic mass is 10.2. The summed E-state index contributed by atoms with van der Waals surface area (Å²) >= 11 is 0. The van der Waals surface area contributed by atoms with Crippen molar-refractivity contribution in [1.82, 2.24) is 4.90 Å². The summed E-state index contributed by atoms with van der Waals surface area (Å²) in [6.07, 6.45) is 0. The molecule has 1 amide bonds. The van der Waals surface area contributed by atoms with E-state index in [4.69, 9.17) is 9.47 Å². The van der Waals surface area contributed by atoms with Gasteiger partial charge in [0.05, 0.1) is 24.3 Å². The zero-order chi connectivity index (χ0) is 24.7. The summed E-state index contributed by atoms with van der Waals surface area (Å²) in [7, 11) is -0.790. The van der Waals surface area contributed by atoms with Crippen LogP contribution in [0.1, 0.15) is 18.1 Å². The molecule has 0 aliphatic carbocycles. The third-order valence-corrected chi connectivity index (χ3v) is 7.14. The Morgan fingerprint density at radius 3 is 2.21 bits per heavy atom. The first-order valence-corrected chi connectivity index (χ1v) is 12.4. The van der Waals surface area contributed by atoms with Crippen molar-refractivity contribution in [1.29, 1.82) is 0 Å². The van der Waals surface area contributed by atoms with Crippen LogP contribution in [-0.4, -0.2) is 46.5 Å². The van der Waals surface area contributed by atoms with Crippen LogP contribution in [0, 0.1) is 6.92 Å². The molecule has 0 aromatic heterocycles. The Hall–Kier alpha value is -3.52. The van der Waals surface area contributed by atoms with Gasteiger partial charge in [-0.05, 0) is 56.3 Å². The molecule has 0 N–H and O–H groups in total. The van der Waals surface area contributed by atoms with Gasteiger partial charge >= 0.3 is 0 Å². The zero-order valence-electron chi connectivity index (χ0n) is 19.9. The number of rotatable bonds is 10. The number of amides is 1. The minimum Gasteiger partial charge on any atom is -0.496 e. The van der Waals surface area contributed by atoms with Crippen LogP contribution >= 0.6 is 0 Å². The van der Waals surface area contributed by atoms with E-state index in [2.05, 4.69) is 0 Å². The van der Waals surface area contributed by atoms with Gasteiger partial charge in [-0.1, -0.05) is 35.9 Å². The molecule has 180 valence electrons. The maximum atomic E-state index is 13.6. The van der Waals surface area contributed by atoms with E-state index in [0.29, 0.717) is 23.8 Å². The molecule has 0 radical (unpaired) electrons. The average molecular weight is 483 g/mol. The number of methoxy groups -OCH3 is 1. The number of likely N-dealkylation sites (N-methyl/N-ethyl adjacent to an activating group) is 1. The Morgan fingerprint density at radius 1 is 0.941 bits per heavy atom. The molecular weight excluding hydrogens is 452 g/mol. The third-order valence-electron chi connectivity index (χ3n) is 5.35. The van der Waals surface area contributed by atoms with Crippen LogP contribution in [0.2, 0.25) is 0 Å². The molecule has 0 heterocycles. The first kappa shape index (κ1) is 25.1. The minimum absolute atomic E-state index is 0.0803. The first-order chi connectivity index (χ1) is 16.3. The van der Waals surface area contributed by atoms with Crippen molar-refractivity contribution in [2.45, 2.75) is 25.3 Å². The van der Waals surface area contributed by atoms with E-state index in [1.54, 1.807) is 38.4 Å². The highest BCUT2D eigenvalue weighted by Crippen LogP contribution is 2.26. The number of carbonyl (C=O) groups is 1. The van der Waals surface area contributed by atoms with E-state index in [1.807, 2.05) is 50.2 Å². The summed E-state index contributed by atoms with van der Waals surface area (Å²) in [6, 6.07) is 20.7. The van der Waals surface area contributed by atoms with Crippen LogP contribution in [0.4, 0.5) is 5.69 Å². The number of ether oxygens (including phenoxy) is 2. The molecule has 8 heteroatoms. The monoisotopic (exact) mass is 482 g/mol. The van der Waals surface area contributed by atoms with Crippen LogP contribution in [0.3, 0.4) is 0 Å². The Bertz CT molecular complexity index is 1210. The molecule has 0 saturated carbocycles. The molecule has 0 bridgehead atoms. The number of para-hydroxylation sites is 1. The summed E-state index contributed by atoms with van der Waals surface area (Å²) in [5, 5.41) is 0. The Balaban J connectivity index is 1.90. The van der Waals surface area contributed by atoms with Crippen molar-refractivity contribution in [3.8, 4) is 11.5 Å². The van der Waals surface area contributed by atoms with E-state index < -0.39 is 10.0 Å². The molecule has 0 aliphatic heterocycles. The molecule has 7 nitrogen and oxygen atoms in total. The van der Waals surface area contributed by atoms with Gasteiger partial charge in [0.25, 0.3) is 10.0 Å². The average Bonchev–Trinajstić information content (AvgIpc) is 2.84. The van der Waals surface area contributed by atoms with E-state index in [0.717, 1.165) is 15.4 Å². The minimum atomic E-state index is -4.01. The molecule has 0 atom stereocenters. The van der Waals surface area contributed by atoms with Crippen LogP contribution in [0.5, 0.6) is 11.5 Å². The number of aryl methyl sites for hydroxylation is 1. The summed E-state index contributed by atoms with van der Waals surface area (Å²) in [5.74, 6) is 0.900. The van der Waals surface area contributed by atoms with Gasteiger partial charge < -0.3 is 14.4 Å². The lowest BCUT2D eigenvalue weighted by molar-refractivity contribution is -0.128. The second-order valence-electron chi connectivity index (χ2n) is 7.81. The molecule has 0 aliphatic rings. The number of nitrogens with zero attached hydrogens (tertiary/aromatic N) is 2. The molecule has 0 spiro atoms. The second-order valence-corrected chi connectivity index (χ2v) is 9.68. The summed E-state index contributed by atoms with van der Waals surface area (Å²) in [5.41, 5.74) is 2.23. The molecule has 34 heavy (non-hydrogen) atoms. The van der Waals surface area contributed by atoms with Crippen LogP contribution in [-0.2, 0) is 21.4 Å². The predicted octanol–water partition coefficient (Wildman–Crippen LogP) is 4.26. The highest BCUT2D eigenvalue weighted by atomic mass is 32.2. The van der Waals surface area contributed by atoms with Crippen molar-refractivity contribution < 1.29 is 22.7 Å². The van der Waals surface area contributed by atoms with Gasteiger partial charge in [-0.3, -0.25) is 9.10 Å². The van der Waals surface area contributed by atoms with Gasteiger partial charge in [0.15, 0.2) is 0 Å². The largest absolute Gasteiger partial charge is 0.496 e. The first-order valence-electron chi connectivity index (χ1n) is 10.9. The predicted molar refractivity (Wildman–Crippen MR) is 133 cm³/mol. The lowest BCUT2D eigenvalue weighted by Gasteiger charge is -2.27.